The summed E-state index contributed by atoms with van der Waals surface area (Å²) >= 11 is 0. The Morgan fingerprint density at radius 3 is 2.86 bits per heavy atom. The summed E-state index contributed by atoms with van der Waals surface area (Å²) in [7, 11) is 0. The molecule has 0 unspecified atom stereocenters. The molecule has 1 radical (unpaired) electrons. The highest BCUT2D eigenvalue weighted by molar-refractivity contribution is 5.13. The van der Waals surface area contributed by atoms with Crippen molar-refractivity contribution >= 4 is 0 Å². The molecule has 0 aliphatic carbocycles. The van der Waals surface area contributed by atoms with E-state index in [9.17, 15) is 5.11 Å². The molecule has 1 aliphatic heterocycles. The molecule has 0 aromatic rings. The Bertz CT molecular complexity index is 115. The van der Waals surface area contributed by atoms with Gasteiger partial charge in [-0.1, -0.05) is 0 Å². The summed E-state index contributed by atoms with van der Waals surface area (Å²) in [6, 6.07) is 0. The van der Waals surface area contributed by atoms with Gasteiger partial charge in [0.1, 0.15) is 0 Å². The van der Waals surface area contributed by atoms with Gasteiger partial charge in [0.15, 0.2) is 5.76 Å². The molecular weight excluding hydrogens is 90.1 g/mol. The van der Waals surface area contributed by atoms with Gasteiger partial charge in [-0.05, 0) is 6.08 Å². The topological polar surface area (TPSA) is 31.9 Å². The lowest BCUT2D eigenvalue weighted by molar-refractivity contribution is 0.312. The first kappa shape index (κ1) is 4.24. The molecule has 0 aromatic carbocycles. The third-order valence-electron chi connectivity index (χ3n) is 0.787. The third kappa shape index (κ3) is 0.961. The third-order valence-corrected chi connectivity index (χ3v) is 0.787. The fourth-order valence-corrected chi connectivity index (χ4v) is 0.437. The van der Waals surface area contributed by atoms with Crippen LogP contribution in [0, 0.1) is 0 Å². The molecule has 37 valence electrons. The normalized spacial score (nSPS) is 18.0. The predicted octanol–water partition coefficient (Wildman–Crippen LogP) is 0.418. The minimum absolute atomic E-state index is 0.0961. The van der Waals surface area contributed by atoms with Crippen molar-refractivity contribution < 1.29 is 5.11 Å². The van der Waals surface area contributed by atoms with Crippen LogP contribution in [-0.4, -0.2) is 6.54 Å². The molecular formula is C5H6NO. The predicted molar refractivity (Wildman–Crippen MR) is 25.9 cm³/mol. The van der Waals surface area contributed by atoms with Crippen molar-refractivity contribution in [1.29, 1.82) is 0 Å². The lowest BCUT2D eigenvalue weighted by Gasteiger charge is -1.97. The Labute approximate surface area is 42.2 Å². The van der Waals surface area contributed by atoms with E-state index in [1.165, 1.54) is 6.08 Å². The van der Waals surface area contributed by atoms with Crippen molar-refractivity contribution in [1.82, 2.24) is 5.32 Å². The van der Waals surface area contributed by atoms with E-state index in [2.05, 4.69) is 5.32 Å². The summed E-state index contributed by atoms with van der Waals surface area (Å²) in [6.07, 6.45) is 4.76. The highest BCUT2D eigenvalue weighted by Gasteiger charge is 1.90. The number of hydrogen-bond acceptors (Lipinski definition) is 1. The van der Waals surface area contributed by atoms with Gasteiger partial charge in [-0.3, -0.25) is 5.11 Å². The molecule has 7 heavy (non-hydrogen) atoms. The highest BCUT2D eigenvalue weighted by atomic mass is 16.3. The molecule has 1 aliphatic rings. The fourth-order valence-electron chi connectivity index (χ4n) is 0.437. The Balaban J connectivity index is 2.58. The van der Waals surface area contributed by atoms with Crippen LogP contribution in [-0.2, 0) is 5.11 Å². The van der Waals surface area contributed by atoms with Crippen molar-refractivity contribution in [2.45, 2.75) is 0 Å². The summed E-state index contributed by atoms with van der Waals surface area (Å²) in [4.78, 5) is 0. The molecule has 0 bridgehead atoms. The molecule has 2 heteroatoms. The van der Waals surface area contributed by atoms with Crippen LogP contribution in [0.3, 0.4) is 0 Å². The number of dihydropyridines is 1. The minimum atomic E-state index is 0.0961. The molecule has 0 atom stereocenters. The molecule has 0 aromatic heterocycles. The first-order valence-corrected chi connectivity index (χ1v) is 2.17. The van der Waals surface area contributed by atoms with E-state index < -0.39 is 0 Å². The van der Waals surface area contributed by atoms with E-state index in [-0.39, 0.29) is 5.76 Å². The van der Waals surface area contributed by atoms with Crippen molar-refractivity contribution in [2.24, 2.45) is 0 Å². The number of allylic oxidation sites excluding steroid dienone is 1. The molecule has 0 fully saturated rings. The minimum Gasteiger partial charge on any atom is -0.387 e. The van der Waals surface area contributed by atoms with Gasteiger partial charge < -0.3 is 5.32 Å². The second-order valence-electron chi connectivity index (χ2n) is 1.35. The van der Waals surface area contributed by atoms with Crippen LogP contribution in [0.2, 0.25) is 0 Å². The zero-order chi connectivity index (χ0) is 5.11. The molecule has 0 saturated heterocycles. The highest BCUT2D eigenvalue weighted by Crippen LogP contribution is 1.92. The zero-order valence-electron chi connectivity index (χ0n) is 3.85. The maximum absolute atomic E-state index is 10.3. The maximum atomic E-state index is 10.3. The van der Waals surface area contributed by atoms with Gasteiger partial charge in [-0.15, -0.1) is 0 Å². The van der Waals surface area contributed by atoms with Crippen LogP contribution in [0.25, 0.3) is 0 Å². The quantitative estimate of drug-likeness (QED) is 0.465. The van der Waals surface area contributed by atoms with Gasteiger partial charge in [-0.25, -0.2) is 0 Å². The molecule has 1 N–H and O–H groups in total. The summed E-state index contributed by atoms with van der Waals surface area (Å²) < 4.78 is 0. The molecule has 0 amide bonds. The SMILES string of the molecule is [O]C1=CCNC=C1. The van der Waals surface area contributed by atoms with Crippen LogP contribution in [0.15, 0.2) is 24.1 Å². The standard InChI is InChI=1S/C5H6NO/c7-5-1-3-6-4-2-5/h1-3,6H,4H2. The average molecular weight is 96.1 g/mol. The second kappa shape index (κ2) is 1.69. The zero-order valence-corrected chi connectivity index (χ0v) is 3.85. The smallest absolute Gasteiger partial charge is 0.177 e. The molecule has 1 rings (SSSR count). The van der Waals surface area contributed by atoms with Crippen LogP contribution in [0.5, 0.6) is 0 Å². The Hall–Kier alpha value is -0.920. The van der Waals surface area contributed by atoms with E-state index in [0.717, 1.165) is 0 Å². The van der Waals surface area contributed by atoms with Crippen LogP contribution in [0.4, 0.5) is 0 Å². The first-order chi connectivity index (χ1) is 3.39. The largest absolute Gasteiger partial charge is 0.387 e. The maximum Gasteiger partial charge on any atom is 0.177 e. The van der Waals surface area contributed by atoms with Crippen LogP contribution < -0.4 is 5.32 Å². The van der Waals surface area contributed by atoms with Gasteiger partial charge in [0.2, 0.25) is 0 Å². The van der Waals surface area contributed by atoms with Gasteiger partial charge in [0.25, 0.3) is 0 Å². The summed E-state index contributed by atoms with van der Waals surface area (Å²) in [6.45, 7) is 0.676. The summed E-state index contributed by atoms with van der Waals surface area (Å²) in [5.41, 5.74) is 0. The van der Waals surface area contributed by atoms with Crippen LogP contribution >= 0.6 is 0 Å². The van der Waals surface area contributed by atoms with E-state index in [1.807, 2.05) is 0 Å². The Morgan fingerprint density at radius 2 is 2.57 bits per heavy atom. The van der Waals surface area contributed by atoms with Crippen molar-refractivity contribution in [3.05, 3.63) is 24.1 Å². The second-order valence-corrected chi connectivity index (χ2v) is 1.35. The summed E-state index contributed by atoms with van der Waals surface area (Å²) in [5.74, 6) is 0.0961. The first-order valence-electron chi connectivity index (χ1n) is 2.17. The number of nitrogens with one attached hydrogen (secondary N) is 1. The molecule has 1 heterocycles. The van der Waals surface area contributed by atoms with Gasteiger partial charge in [0.05, 0.1) is 0 Å². The molecule has 2 nitrogen and oxygen atoms in total. The fraction of sp³-hybridized carbons (Fsp3) is 0.200. The van der Waals surface area contributed by atoms with E-state index in [0.29, 0.717) is 6.54 Å². The monoisotopic (exact) mass is 96.0 g/mol. The lowest BCUT2D eigenvalue weighted by atomic mass is 10.4. The summed E-state index contributed by atoms with van der Waals surface area (Å²) in [5, 5.41) is 13.1. The average Bonchev–Trinajstić information content (AvgIpc) is 1.69. The number of hydrogen-bond donors (Lipinski definition) is 1. The van der Waals surface area contributed by atoms with E-state index >= 15 is 0 Å². The van der Waals surface area contributed by atoms with Gasteiger partial charge in [0, 0.05) is 18.8 Å². The van der Waals surface area contributed by atoms with Crippen molar-refractivity contribution in [3.8, 4) is 0 Å². The van der Waals surface area contributed by atoms with E-state index in [4.69, 9.17) is 0 Å². The molecule has 0 spiro atoms. The van der Waals surface area contributed by atoms with E-state index in [1.54, 1.807) is 12.3 Å². The lowest BCUT2D eigenvalue weighted by Crippen LogP contribution is -2.07. The Kier molecular flexibility index (Phi) is 1.02. The Morgan fingerprint density at radius 1 is 1.71 bits per heavy atom. The van der Waals surface area contributed by atoms with Gasteiger partial charge in [-0.2, -0.15) is 0 Å². The van der Waals surface area contributed by atoms with Crippen molar-refractivity contribution in [2.75, 3.05) is 6.54 Å². The van der Waals surface area contributed by atoms with Crippen molar-refractivity contribution in [3.63, 3.8) is 0 Å². The van der Waals surface area contributed by atoms with Gasteiger partial charge >= 0.3 is 0 Å². The number of rotatable bonds is 0. The van der Waals surface area contributed by atoms with Crippen LogP contribution in [0.1, 0.15) is 0 Å². The molecule has 0 saturated carbocycles.